The molecular formula is C14H19N5O2. The first-order valence-corrected chi connectivity index (χ1v) is 6.84. The van der Waals surface area contributed by atoms with Gasteiger partial charge in [0.1, 0.15) is 12.4 Å². The van der Waals surface area contributed by atoms with E-state index in [2.05, 4.69) is 20.3 Å². The van der Waals surface area contributed by atoms with E-state index in [0.717, 1.165) is 12.2 Å². The molecule has 1 aromatic heterocycles. The molecule has 3 N–H and O–H groups in total. The standard InChI is InChI=1S/C14H19N5O2/c1-2-9-21-14-18-12(15)17-13(19-14)16-8-10-20-11-6-4-3-5-7-11/h3-7H,2,8-10H2,1H3,(H3,15,16,17,18,19). The van der Waals surface area contributed by atoms with Crippen LogP contribution in [0.15, 0.2) is 30.3 Å². The van der Waals surface area contributed by atoms with Crippen LogP contribution in [0.5, 0.6) is 11.8 Å². The van der Waals surface area contributed by atoms with E-state index in [4.69, 9.17) is 15.2 Å². The lowest BCUT2D eigenvalue weighted by atomic mass is 10.3. The minimum absolute atomic E-state index is 0.127. The maximum absolute atomic E-state index is 5.61. The van der Waals surface area contributed by atoms with E-state index in [-0.39, 0.29) is 12.0 Å². The Labute approximate surface area is 123 Å². The molecule has 2 aromatic rings. The van der Waals surface area contributed by atoms with Gasteiger partial charge in [-0.3, -0.25) is 0 Å². The summed E-state index contributed by atoms with van der Waals surface area (Å²) in [7, 11) is 0. The van der Waals surface area contributed by atoms with E-state index in [9.17, 15) is 0 Å². The van der Waals surface area contributed by atoms with Crippen LogP contribution in [-0.2, 0) is 0 Å². The first-order chi connectivity index (χ1) is 10.3. The Bertz CT molecular complexity index is 550. The van der Waals surface area contributed by atoms with E-state index in [1.807, 2.05) is 37.3 Å². The molecule has 21 heavy (non-hydrogen) atoms. The molecule has 0 radical (unpaired) electrons. The van der Waals surface area contributed by atoms with Gasteiger partial charge in [0.25, 0.3) is 0 Å². The number of aromatic nitrogens is 3. The van der Waals surface area contributed by atoms with Gasteiger partial charge in [-0.1, -0.05) is 25.1 Å². The Hall–Kier alpha value is -2.57. The molecule has 0 fully saturated rings. The van der Waals surface area contributed by atoms with Crippen LogP contribution in [0.4, 0.5) is 11.9 Å². The minimum Gasteiger partial charge on any atom is -0.492 e. The smallest absolute Gasteiger partial charge is 0.323 e. The highest BCUT2D eigenvalue weighted by Crippen LogP contribution is 2.10. The molecule has 0 atom stereocenters. The number of rotatable bonds is 8. The summed E-state index contributed by atoms with van der Waals surface area (Å²) in [5.74, 6) is 1.33. The highest BCUT2D eigenvalue weighted by atomic mass is 16.5. The van der Waals surface area contributed by atoms with Gasteiger partial charge in [-0.15, -0.1) is 0 Å². The second-order valence-corrected chi connectivity index (χ2v) is 4.24. The van der Waals surface area contributed by atoms with E-state index < -0.39 is 0 Å². The van der Waals surface area contributed by atoms with Gasteiger partial charge in [0.05, 0.1) is 13.2 Å². The number of anilines is 2. The van der Waals surface area contributed by atoms with Crippen molar-refractivity contribution in [2.75, 3.05) is 30.8 Å². The van der Waals surface area contributed by atoms with Gasteiger partial charge in [-0.2, -0.15) is 15.0 Å². The van der Waals surface area contributed by atoms with E-state index in [0.29, 0.717) is 25.7 Å². The predicted octanol–water partition coefficient (Wildman–Crippen LogP) is 1.73. The van der Waals surface area contributed by atoms with Gasteiger partial charge >= 0.3 is 6.01 Å². The maximum Gasteiger partial charge on any atom is 0.323 e. The van der Waals surface area contributed by atoms with Gasteiger partial charge in [-0.05, 0) is 18.6 Å². The normalized spacial score (nSPS) is 10.1. The number of nitrogen functional groups attached to an aromatic ring is 1. The first-order valence-electron chi connectivity index (χ1n) is 6.84. The largest absolute Gasteiger partial charge is 0.492 e. The van der Waals surface area contributed by atoms with E-state index in [1.54, 1.807) is 0 Å². The number of nitrogens with one attached hydrogen (secondary N) is 1. The monoisotopic (exact) mass is 289 g/mol. The fourth-order valence-electron chi connectivity index (χ4n) is 1.56. The number of ether oxygens (including phenoxy) is 2. The predicted molar refractivity (Wildman–Crippen MR) is 80.5 cm³/mol. The number of nitrogens with two attached hydrogens (primary N) is 1. The van der Waals surface area contributed by atoms with Crippen molar-refractivity contribution in [3.8, 4) is 11.8 Å². The molecule has 0 aliphatic carbocycles. The fraction of sp³-hybridized carbons (Fsp3) is 0.357. The Morgan fingerprint density at radius 1 is 1.05 bits per heavy atom. The SMILES string of the molecule is CCCOc1nc(N)nc(NCCOc2ccccc2)n1. The molecule has 0 aliphatic rings. The molecule has 1 aromatic carbocycles. The molecule has 0 aliphatic heterocycles. The molecule has 0 unspecified atom stereocenters. The van der Waals surface area contributed by atoms with Crippen molar-refractivity contribution in [3.05, 3.63) is 30.3 Å². The number of benzene rings is 1. The lowest BCUT2D eigenvalue weighted by Gasteiger charge is -2.09. The Kier molecular flexibility index (Phi) is 5.57. The van der Waals surface area contributed by atoms with Crippen LogP contribution in [0.2, 0.25) is 0 Å². The molecular weight excluding hydrogens is 270 g/mol. The molecule has 1 heterocycles. The highest BCUT2D eigenvalue weighted by Gasteiger charge is 2.04. The molecule has 0 spiro atoms. The molecule has 0 amide bonds. The lowest BCUT2D eigenvalue weighted by Crippen LogP contribution is -2.15. The quantitative estimate of drug-likeness (QED) is 0.714. The average Bonchev–Trinajstić information content (AvgIpc) is 2.50. The summed E-state index contributed by atoms with van der Waals surface area (Å²) in [5.41, 5.74) is 5.61. The van der Waals surface area contributed by atoms with Crippen molar-refractivity contribution in [3.63, 3.8) is 0 Å². The summed E-state index contributed by atoms with van der Waals surface area (Å²) >= 11 is 0. The minimum atomic E-state index is 0.127. The highest BCUT2D eigenvalue weighted by molar-refractivity contribution is 5.32. The topological polar surface area (TPSA) is 95.2 Å². The number of para-hydroxylation sites is 1. The summed E-state index contributed by atoms with van der Waals surface area (Å²) in [5, 5.41) is 3.03. The number of hydrogen-bond donors (Lipinski definition) is 2. The van der Waals surface area contributed by atoms with Crippen LogP contribution in [0.1, 0.15) is 13.3 Å². The van der Waals surface area contributed by atoms with Crippen molar-refractivity contribution < 1.29 is 9.47 Å². The molecule has 0 bridgehead atoms. The summed E-state index contributed by atoms with van der Waals surface area (Å²) < 4.78 is 10.9. The summed E-state index contributed by atoms with van der Waals surface area (Å²) in [4.78, 5) is 12.0. The van der Waals surface area contributed by atoms with Gasteiger partial charge < -0.3 is 20.5 Å². The van der Waals surface area contributed by atoms with Crippen LogP contribution in [0, 0.1) is 0 Å². The fourth-order valence-corrected chi connectivity index (χ4v) is 1.56. The van der Waals surface area contributed by atoms with Crippen LogP contribution >= 0.6 is 0 Å². The third-order valence-corrected chi connectivity index (χ3v) is 2.46. The van der Waals surface area contributed by atoms with E-state index >= 15 is 0 Å². The van der Waals surface area contributed by atoms with Gasteiger partial charge in [0.2, 0.25) is 11.9 Å². The van der Waals surface area contributed by atoms with Crippen molar-refractivity contribution >= 4 is 11.9 Å². The lowest BCUT2D eigenvalue weighted by molar-refractivity contribution is 0.292. The van der Waals surface area contributed by atoms with Gasteiger partial charge in [-0.25, -0.2) is 0 Å². The molecule has 7 heteroatoms. The molecule has 112 valence electrons. The van der Waals surface area contributed by atoms with Gasteiger partial charge in [0, 0.05) is 0 Å². The zero-order valence-electron chi connectivity index (χ0n) is 12.0. The van der Waals surface area contributed by atoms with Gasteiger partial charge in [0.15, 0.2) is 0 Å². The third kappa shape index (κ3) is 5.13. The Morgan fingerprint density at radius 3 is 2.62 bits per heavy atom. The zero-order chi connectivity index (χ0) is 14.9. The number of hydrogen-bond acceptors (Lipinski definition) is 7. The van der Waals surface area contributed by atoms with Crippen molar-refractivity contribution in [1.29, 1.82) is 0 Å². The maximum atomic E-state index is 5.61. The molecule has 2 rings (SSSR count). The molecule has 0 saturated carbocycles. The first kappa shape index (κ1) is 14.8. The third-order valence-electron chi connectivity index (χ3n) is 2.46. The van der Waals surface area contributed by atoms with Crippen LogP contribution in [0.3, 0.4) is 0 Å². The summed E-state index contributed by atoms with van der Waals surface area (Å²) in [6.07, 6.45) is 0.874. The van der Waals surface area contributed by atoms with Crippen molar-refractivity contribution in [2.24, 2.45) is 0 Å². The van der Waals surface area contributed by atoms with Crippen LogP contribution in [0.25, 0.3) is 0 Å². The Balaban J connectivity index is 1.81. The Morgan fingerprint density at radius 2 is 1.86 bits per heavy atom. The number of nitrogens with zero attached hydrogens (tertiary/aromatic N) is 3. The zero-order valence-corrected chi connectivity index (χ0v) is 12.0. The van der Waals surface area contributed by atoms with Crippen LogP contribution in [-0.4, -0.2) is 34.7 Å². The summed E-state index contributed by atoms with van der Waals surface area (Å²) in [6, 6.07) is 9.82. The molecule has 0 saturated heterocycles. The molecule has 7 nitrogen and oxygen atoms in total. The van der Waals surface area contributed by atoms with E-state index in [1.165, 1.54) is 0 Å². The van der Waals surface area contributed by atoms with Crippen LogP contribution < -0.4 is 20.5 Å². The second kappa shape index (κ2) is 7.88. The average molecular weight is 289 g/mol. The summed E-state index contributed by atoms with van der Waals surface area (Å²) in [6.45, 7) is 3.58. The second-order valence-electron chi connectivity index (χ2n) is 4.24. The van der Waals surface area contributed by atoms with Crippen molar-refractivity contribution in [1.82, 2.24) is 15.0 Å². The van der Waals surface area contributed by atoms with Crippen molar-refractivity contribution in [2.45, 2.75) is 13.3 Å².